The van der Waals surface area contributed by atoms with Crippen LogP contribution in [0.1, 0.15) is 23.5 Å². The average Bonchev–Trinajstić information content (AvgIpc) is 2.64. The van der Waals surface area contributed by atoms with Crippen LogP contribution in [0.3, 0.4) is 0 Å². The number of fused-ring (bicyclic) bond motifs is 1. The Kier molecular flexibility index (Phi) is 4.88. The van der Waals surface area contributed by atoms with E-state index >= 15 is 0 Å². The second-order valence-corrected chi connectivity index (χ2v) is 5.76. The molecule has 0 aliphatic carbocycles. The zero-order valence-corrected chi connectivity index (χ0v) is 14.2. The molecule has 0 bridgehead atoms. The fourth-order valence-corrected chi connectivity index (χ4v) is 3.04. The van der Waals surface area contributed by atoms with Crippen molar-refractivity contribution in [3.8, 4) is 11.5 Å². The molecular formula is C19H20N2O4. The maximum Gasteiger partial charge on any atom is 0.228 e. The summed E-state index contributed by atoms with van der Waals surface area (Å²) in [5.41, 5.74) is 2.33. The van der Waals surface area contributed by atoms with E-state index in [4.69, 9.17) is 9.47 Å². The molecule has 25 heavy (non-hydrogen) atoms. The molecule has 0 saturated carbocycles. The number of carbonyl (C=O) groups excluding carboxylic acids is 2. The number of amides is 2. The zero-order chi connectivity index (χ0) is 17.8. The summed E-state index contributed by atoms with van der Waals surface area (Å²) in [4.78, 5) is 24.5. The minimum Gasteiger partial charge on any atom is -0.493 e. The molecule has 2 amide bonds. The van der Waals surface area contributed by atoms with Gasteiger partial charge in [0.15, 0.2) is 11.5 Å². The number of nitrogens with one attached hydrogen (secondary N) is 2. The van der Waals surface area contributed by atoms with Gasteiger partial charge in [0.05, 0.1) is 20.1 Å². The van der Waals surface area contributed by atoms with E-state index in [1.165, 1.54) is 0 Å². The number of carbonyl (C=O) groups is 2. The van der Waals surface area contributed by atoms with Crippen molar-refractivity contribution in [2.24, 2.45) is 0 Å². The Balaban J connectivity index is 1.77. The monoisotopic (exact) mass is 340 g/mol. The minimum atomic E-state index is -0.499. The van der Waals surface area contributed by atoms with Crippen LogP contribution in [0.25, 0.3) is 0 Å². The Bertz CT molecular complexity index is 804. The number of rotatable bonds is 5. The van der Waals surface area contributed by atoms with Crippen LogP contribution in [-0.4, -0.2) is 26.0 Å². The van der Waals surface area contributed by atoms with E-state index in [1.54, 1.807) is 26.4 Å². The molecule has 1 aliphatic heterocycles. The highest BCUT2D eigenvalue weighted by Crippen LogP contribution is 2.33. The van der Waals surface area contributed by atoms with Crippen molar-refractivity contribution < 1.29 is 19.1 Å². The van der Waals surface area contributed by atoms with Crippen LogP contribution in [0.2, 0.25) is 0 Å². The SMILES string of the molecule is COc1cccc(CNC(=O)C2CC(=O)Nc3ccccc32)c1OC. The molecule has 0 fully saturated rings. The van der Waals surface area contributed by atoms with Gasteiger partial charge in [-0.15, -0.1) is 0 Å². The van der Waals surface area contributed by atoms with Crippen molar-refractivity contribution in [1.82, 2.24) is 5.32 Å². The molecule has 1 heterocycles. The molecule has 1 aliphatic rings. The number of ether oxygens (including phenoxy) is 2. The number of anilines is 1. The number of hydrogen-bond acceptors (Lipinski definition) is 4. The lowest BCUT2D eigenvalue weighted by Gasteiger charge is -2.25. The van der Waals surface area contributed by atoms with E-state index in [0.29, 0.717) is 23.7 Å². The second-order valence-electron chi connectivity index (χ2n) is 5.76. The van der Waals surface area contributed by atoms with Gasteiger partial charge in [-0.2, -0.15) is 0 Å². The Morgan fingerprint density at radius 1 is 1.16 bits per heavy atom. The third kappa shape index (κ3) is 3.42. The summed E-state index contributed by atoms with van der Waals surface area (Å²) in [7, 11) is 3.13. The largest absolute Gasteiger partial charge is 0.493 e. The molecule has 0 saturated heterocycles. The van der Waals surface area contributed by atoms with Gasteiger partial charge < -0.3 is 20.1 Å². The fourth-order valence-electron chi connectivity index (χ4n) is 3.04. The molecule has 6 nitrogen and oxygen atoms in total. The second kappa shape index (κ2) is 7.25. The minimum absolute atomic E-state index is 0.137. The highest BCUT2D eigenvalue weighted by atomic mass is 16.5. The summed E-state index contributed by atoms with van der Waals surface area (Å²) in [5.74, 6) is 0.357. The van der Waals surface area contributed by atoms with E-state index in [-0.39, 0.29) is 18.2 Å². The lowest BCUT2D eigenvalue weighted by atomic mass is 9.90. The zero-order valence-electron chi connectivity index (χ0n) is 14.2. The topological polar surface area (TPSA) is 76.7 Å². The quantitative estimate of drug-likeness (QED) is 0.876. The van der Waals surface area contributed by atoms with Crippen LogP contribution < -0.4 is 20.1 Å². The first-order valence-electron chi connectivity index (χ1n) is 8.00. The molecule has 1 unspecified atom stereocenters. The van der Waals surface area contributed by atoms with Gasteiger partial charge in [0.1, 0.15) is 0 Å². The first kappa shape index (κ1) is 16.8. The van der Waals surface area contributed by atoms with Crippen LogP contribution in [-0.2, 0) is 16.1 Å². The summed E-state index contributed by atoms with van der Waals surface area (Å²) >= 11 is 0. The Morgan fingerprint density at radius 3 is 2.72 bits per heavy atom. The molecule has 2 aromatic carbocycles. The Hall–Kier alpha value is -3.02. The first-order valence-corrected chi connectivity index (χ1v) is 8.00. The van der Waals surface area contributed by atoms with Crippen LogP contribution in [0.15, 0.2) is 42.5 Å². The highest BCUT2D eigenvalue weighted by Gasteiger charge is 2.30. The predicted octanol–water partition coefficient (Wildman–Crippen LogP) is 2.45. The normalized spacial score (nSPS) is 15.8. The molecule has 6 heteroatoms. The number of benzene rings is 2. The van der Waals surface area contributed by atoms with Crippen LogP contribution >= 0.6 is 0 Å². The van der Waals surface area contributed by atoms with Crippen molar-refractivity contribution in [2.45, 2.75) is 18.9 Å². The number of para-hydroxylation sites is 2. The van der Waals surface area contributed by atoms with E-state index in [1.807, 2.05) is 30.3 Å². The van der Waals surface area contributed by atoms with Crippen molar-refractivity contribution in [2.75, 3.05) is 19.5 Å². The van der Waals surface area contributed by atoms with Crippen LogP contribution in [0.5, 0.6) is 11.5 Å². The fraction of sp³-hybridized carbons (Fsp3) is 0.263. The standard InChI is InChI=1S/C19H20N2O4/c1-24-16-9-5-6-12(18(16)25-2)11-20-19(23)14-10-17(22)21-15-8-4-3-7-13(14)15/h3-9,14H,10-11H2,1-2H3,(H,20,23)(H,21,22). The smallest absolute Gasteiger partial charge is 0.228 e. The molecule has 2 aromatic rings. The van der Waals surface area contributed by atoms with Crippen LogP contribution in [0, 0.1) is 0 Å². The number of hydrogen-bond donors (Lipinski definition) is 2. The molecule has 0 spiro atoms. The van der Waals surface area contributed by atoms with Gasteiger partial charge in [-0.25, -0.2) is 0 Å². The van der Waals surface area contributed by atoms with Gasteiger partial charge >= 0.3 is 0 Å². The van der Waals surface area contributed by atoms with Gasteiger partial charge in [-0.3, -0.25) is 9.59 Å². The maximum atomic E-state index is 12.7. The van der Waals surface area contributed by atoms with Crippen molar-refractivity contribution in [1.29, 1.82) is 0 Å². The van der Waals surface area contributed by atoms with Gasteiger partial charge in [-0.05, 0) is 17.7 Å². The molecule has 130 valence electrons. The average molecular weight is 340 g/mol. The lowest BCUT2D eigenvalue weighted by Crippen LogP contribution is -2.34. The summed E-state index contributed by atoms with van der Waals surface area (Å²) in [6.07, 6.45) is 0.137. The van der Waals surface area contributed by atoms with Gasteiger partial charge in [0, 0.05) is 24.2 Å². The van der Waals surface area contributed by atoms with Gasteiger partial charge in [0.2, 0.25) is 11.8 Å². The summed E-state index contributed by atoms with van der Waals surface area (Å²) in [6.45, 7) is 0.291. The maximum absolute atomic E-state index is 12.7. The van der Waals surface area contributed by atoms with E-state index in [0.717, 1.165) is 11.1 Å². The van der Waals surface area contributed by atoms with E-state index in [2.05, 4.69) is 10.6 Å². The Labute approximate surface area is 146 Å². The van der Waals surface area contributed by atoms with E-state index in [9.17, 15) is 9.59 Å². The van der Waals surface area contributed by atoms with Gasteiger partial charge in [0.25, 0.3) is 0 Å². The summed E-state index contributed by atoms with van der Waals surface area (Å²) < 4.78 is 10.6. The van der Waals surface area contributed by atoms with Crippen molar-refractivity contribution >= 4 is 17.5 Å². The Morgan fingerprint density at radius 2 is 1.96 bits per heavy atom. The number of methoxy groups -OCH3 is 2. The van der Waals surface area contributed by atoms with Crippen molar-refractivity contribution in [3.05, 3.63) is 53.6 Å². The molecular weight excluding hydrogens is 320 g/mol. The highest BCUT2D eigenvalue weighted by molar-refractivity contribution is 6.01. The third-order valence-electron chi connectivity index (χ3n) is 4.25. The lowest BCUT2D eigenvalue weighted by molar-refractivity contribution is -0.126. The predicted molar refractivity (Wildman–Crippen MR) is 93.8 cm³/mol. The van der Waals surface area contributed by atoms with E-state index < -0.39 is 5.92 Å². The molecule has 2 N–H and O–H groups in total. The third-order valence-corrected chi connectivity index (χ3v) is 4.25. The molecule has 0 aromatic heterocycles. The summed E-state index contributed by atoms with van der Waals surface area (Å²) in [6, 6.07) is 12.9. The first-order chi connectivity index (χ1) is 12.1. The molecule has 0 radical (unpaired) electrons. The molecule has 1 atom stereocenters. The molecule has 3 rings (SSSR count). The van der Waals surface area contributed by atoms with Crippen LogP contribution in [0.4, 0.5) is 5.69 Å². The van der Waals surface area contributed by atoms with Gasteiger partial charge in [-0.1, -0.05) is 30.3 Å². The summed E-state index contributed by atoms with van der Waals surface area (Å²) in [5, 5.41) is 5.70. The van der Waals surface area contributed by atoms with Crippen molar-refractivity contribution in [3.63, 3.8) is 0 Å².